The van der Waals surface area contributed by atoms with Gasteiger partial charge in [0.1, 0.15) is 5.75 Å². The summed E-state index contributed by atoms with van der Waals surface area (Å²) in [5.74, 6) is 0.882. The minimum atomic E-state index is 0.202. The molecule has 1 unspecified atom stereocenters. The molecule has 2 rings (SSSR count). The first-order valence-electron chi connectivity index (χ1n) is 6.13. The summed E-state index contributed by atoms with van der Waals surface area (Å²) in [5, 5.41) is 0.810. The summed E-state index contributed by atoms with van der Waals surface area (Å²) in [6.07, 6.45) is 0.875. The molecule has 0 amide bonds. The van der Waals surface area contributed by atoms with Crippen molar-refractivity contribution in [3.8, 4) is 5.75 Å². The van der Waals surface area contributed by atoms with Crippen molar-refractivity contribution in [3.05, 3.63) is 64.2 Å². The van der Waals surface area contributed by atoms with E-state index in [-0.39, 0.29) is 4.83 Å². The second kappa shape index (κ2) is 6.44. The molecule has 3 heteroatoms. The molecule has 0 aliphatic rings. The Bertz CT molecular complexity index is 568. The molecule has 0 N–H and O–H groups in total. The topological polar surface area (TPSA) is 9.23 Å². The Kier molecular flexibility index (Phi) is 4.89. The van der Waals surface area contributed by atoms with Gasteiger partial charge >= 0.3 is 0 Å². The second-order valence-corrected chi connectivity index (χ2v) is 6.06. The van der Waals surface area contributed by atoms with Crippen molar-refractivity contribution in [1.29, 1.82) is 0 Å². The second-order valence-electron chi connectivity index (χ2n) is 4.55. The summed E-state index contributed by atoms with van der Waals surface area (Å²) in [4.78, 5) is 0.202. The first-order chi connectivity index (χ1) is 9.10. The third-order valence-corrected chi connectivity index (χ3v) is 4.19. The standard InChI is InChI=1S/C16H16BrClO/c1-11-6-7-14(16(18)8-11)15(17)10-12-4-3-5-13(9-12)19-2/h3-9,15H,10H2,1-2H3. The predicted octanol–water partition coefficient (Wildman–Crippen LogP) is 5.34. The lowest BCUT2D eigenvalue weighted by Crippen LogP contribution is -1.97. The molecule has 1 nitrogen and oxygen atoms in total. The van der Waals surface area contributed by atoms with Crippen LogP contribution in [0.3, 0.4) is 0 Å². The van der Waals surface area contributed by atoms with Gasteiger partial charge in [-0.25, -0.2) is 0 Å². The third-order valence-electron chi connectivity index (χ3n) is 3.04. The van der Waals surface area contributed by atoms with Gasteiger partial charge in [-0.1, -0.05) is 51.8 Å². The van der Waals surface area contributed by atoms with E-state index in [4.69, 9.17) is 16.3 Å². The molecule has 1 atom stereocenters. The van der Waals surface area contributed by atoms with Gasteiger partial charge in [0.25, 0.3) is 0 Å². The highest BCUT2D eigenvalue weighted by molar-refractivity contribution is 9.09. The lowest BCUT2D eigenvalue weighted by molar-refractivity contribution is 0.414. The minimum Gasteiger partial charge on any atom is -0.497 e. The Labute approximate surface area is 127 Å². The van der Waals surface area contributed by atoms with E-state index in [1.165, 1.54) is 11.1 Å². The Morgan fingerprint density at radius 2 is 2.00 bits per heavy atom. The SMILES string of the molecule is COc1cccc(CC(Br)c2ccc(C)cc2Cl)c1. The first kappa shape index (κ1) is 14.4. The van der Waals surface area contributed by atoms with Crippen molar-refractivity contribution in [2.75, 3.05) is 7.11 Å². The lowest BCUT2D eigenvalue weighted by atomic mass is 10.0. The fourth-order valence-electron chi connectivity index (χ4n) is 2.00. The predicted molar refractivity (Wildman–Crippen MR) is 84.6 cm³/mol. The number of aryl methyl sites for hydroxylation is 1. The monoisotopic (exact) mass is 338 g/mol. The van der Waals surface area contributed by atoms with E-state index in [2.05, 4.69) is 40.2 Å². The average molecular weight is 340 g/mol. The fourth-order valence-corrected chi connectivity index (χ4v) is 3.27. The van der Waals surface area contributed by atoms with Gasteiger partial charge in [0, 0.05) is 9.85 Å². The molecule has 0 heterocycles. The molecule has 0 aliphatic carbocycles. The molecular formula is C16H16BrClO. The van der Waals surface area contributed by atoms with Crippen LogP contribution in [0.15, 0.2) is 42.5 Å². The summed E-state index contributed by atoms with van der Waals surface area (Å²) in [6.45, 7) is 2.04. The van der Waals surface area contributed by atoms with E-state index in [0.717, 1.165) is 22.8 Å². The van der Waals surface area contributed by atoms with Crippen LogP contribution in [0.5, 0.6) is 5.75 Å². The number of hydrogen-bond acceptors (Lipinski definition) is 1. The molecule has 100 valence electrons. The van der Waals surface area contributed by atoms with Crippen molar-refractivity contribution in [2.45, 2.75) is 18.2 Å². The minimum absolute atomic E-state index is 0.202. The van der Waals surface area contributed by atoms with E-state index in [1.807, 2.05) is 25.1 Å². The van der Waals surface area contributed by atoms with Crippen LogP contribution in [0.25, 0.3) is 0 Å². The van der Waals surface area contributed by atoms with E-state index in [9.17, 15) is 0 Å². The van der Waals surface area contributed by atoms with Crippen molar-refractivity contribution < 1.29 is 4.74 Å². The summed E-state index contributed by atoms with van der Waals surface area (Å²) in [5.41, 5.74) is 3.52. The van der Waals surface area contributed by atoms with E-state index in [1.54, 1.807) is 7.11 Å². The summed E-state index contributed by atoms with van der Waals surface area (Å²) < 4.78 is 5.24. The Hall–Kier alpha value is -0.990. The first-order valence-corrected chi connectivity index (χ1v) is 7.42. The molecule has 0 aromatic heterocycles. The van der Waals surface area contributed by atoms with E-state index >= 15 is 0 Å². The highest BCUT2D eigenvalue weighted by Gasteiger charge is 2.12. The number of ether oxygens (including phenoxy) is 1. The van der Waals surface area contributed by atoms with Gasteiger partial charge in [-0.2, -0.15) is 0 Å². The van der Waals surface area contributed by atoms with Gasteiger partial charge in [0.2, 0.25) is 0 Å². The van der Waals surface area contributed by atoms with E-state index in [0.29, 0.717) is 0 Å². The van der Waals surface area contributed by atoms with Crippen LogP contribution in [0.1, 0.15) is 21.5 Å². The van der Waals surface area contributed by atoms with Gasteiger partial charge < -0.3 is 4.74 Å². The highest BCUT2D eigenvalue weighted by Crippen LogP contribution is 2.33. The Morgan fingerprint density at radius 1 is 1.21 bits per heavy atom. The van der Waals surface area contributed by atoms with Gasteiger partial charge in [-0.05, 0) is 48.2 Å². The molecule has 0 fully saturated rings. The van der Waals surface area contributed by atoms with Crippen LogP contribution in [0, 0.1) is 6.92 Å². The fraction of sp³-hybridized carbons (Fsp3) is 0.250. The molecule has 19 heavy (non-hydrogen) atoms. The van der Waals surface area contributed by atoms with Crippen LogP contribution >= 0.6 is 27.5 Å². The number of benzene rings is 2. The van der Waals surface area contributed by atoms with Crippen molar-refractivity contribution in [2.24, 2.45) is 0 Å². The van der Waals surface area contributed by atoms with Crippen LogP contribution in [-0.4, -0.2) is 7.11 Å². The largest absolute Gasteiger partial charge is 0.497 e. The Balaban J connectivity index is 2.17. The summed E-state index contributed by atoms with van der Waals surface area (Å²) >= 11 is 10.0. The maximum Gasteiger partial charge on any atom is 0.119 e. The summed E-state index contributed by atoms with van der Waals surface area (Å²) in [7, 11) is 1.68. The third kappa shape index (κ3) is 3.74. The zero-order chi connectivity index (χ0) is 13.8. The van der Waals surface area contributed by atoms with Crippen LogP contribution in [0.4, 0.5) is 0 Å². The molecule has 0 radical (unpaired) electrons. The van der Waals surface area contributed by atoms with E-state index < -0.39 is 0 Å². The molecule has 2 aromatic rings. The van der Waals surface area contributed by atoms with Crippen molar-refractivity contribution >= 4 is 27.5 Å². The molecule has 2 aromatic carbocycles. The zero-order valence-corrected chi connectivity index (χ0v) is 13.3. The van der Waals surface area contributed by atoms with Crippen LogP contribution < -0.4 is 4.74 Å². The number of rotatable bonds is 4. The van der Waals surface area contributed by atoms with Gasteiger partial charge in [-0.15, -0.1) is 0 Å². The molecular weight excluding hydrogens is 324 g/mol. The quantitative estimate of drug-likeness (QED) is 0.684. The maximum atomic E-state index is 6.29. The van der Waals surface area contributed by atoms with Gasteiger partial charge in [0.15, 0.2) is 0 Å². The van der Waals surface area contributed by atoms with Gasteiger partial charge in [-0.3, -0.25) is 0 Å². The number of methoxy groups -OCH3 is 1. The molecule has 0 saturated heterocycles. The smallest absolute Gasteiger partial charge is 0.119 e. The average Bonchev–Trinajstić information content (AvgIpc) is 2.38. The maximum absolute atomic E-state index is 6.29. The normalized spacial score (nSPS) is 12.2. The highest BCUT2D eigenvalue weighted by atomic mass is 79.9. The van der Waals surface area contributed by atoms with Gasteiger partial charge in [0.05, 0.1) is 7.11 Å². The van der Waals surface area contributed by atoms with Crippen LogP contribution in [0.2, 0.25) is 5.02 Å². The number of halogens is 2. The number of hydrogen-bond donors (Lipinski definition) is 0. The molecule has 0 spiro atoms. The Morgan fingerprint density at radius 3 is 2.68 bits per heavy atom. The van der Waals surface area contributed by atoms with Crippen LogP contribution in [-0.2, 0) is 6.42 Å². The molecule has 0 aliphatic heterocycles. The lowest BCUT2D eigenvalue weighted by Gasteiger charge is -2.13. The zero-order valence-electron chi connectivity index (χ0n) is 11.0. The molecule has 0 saturated carbocycles. The number of alkyl halides is 1. The summed E-state index contributed by atoms with van der Waals surface area (Å²) in [6, 6.07) is 14.3. The van der Waals surface area contributed by atoms with Crippen molar-refractivity contribution in [3.63, 3.8) is 0 Å². The van der Waals surface area contributed by atoms with Crippen molar-refractivity contribution in [1.82, 2.24) is 0 Å². The molecule has 0 bridgehead atoms.